The van der Waals surface area contributed by atoms with E-state index in [-0.39, 0.29) is 0 Å². The van der Waals surface area contributed by atoms with Crippen LogP contribution in [0, 0.1) is 0 Å². The zero-order valence-corrected chi connectivity index (χ0v) is 12.2. The minimum Gasteiger partial charge on any atom is -0.385 e. The van der Waals surface area contributed by atoms with Gasteiger partial charge in [0.1, 0.15) is 0 Å². The summed E-state index contributed by atoms with van der Waals surface area (Å²) >= 11 is 9.53. The highest BCUT2D eigenvalue weighted by molar-refractivity contribution is 9.10. The Bertz CT molecular complexity index is 543. The molecule has 1 aromatic heterocycles. The van der Waals surface area contributed by atoms with Crippen molar-refractivity contribution in [1.29, 1.82) is 0 Å². The molecule has 1 aromatic carbocycles. The van der Waals surface area contributed by atoms with Crippen LogP contribution in [0.5, 0.6) is 0 Å². The predicted molar refractivity (Wildman–Crippen MR) is 76.7 cm³/mol. The molecule has 2 nitrogen and oxygen atoms in total. The first kappa shape index (κ1) is 13.5. The van der Waals surface area contributed by atoms with E-state index in [2.05, 4.69) is 20.9 Å². The van der Waals surface area contributed by atoms with Crippen molar-refractivity contribution < 1.29 is 5.11 Å². The van der Waals surface area contributed by atoms with Gasteiger partial charge < -0.3 is 5.11 Å². The predicted octanol–water partition coefficient (Wildman–Crippen LogP) is 3.95. The van der Waals surface area contributed by atoms with Crippen molar-refractivity contribution in [3.63, 3.8) is 0 Å². The Hall–Kier alpha value is -0.900. The number of hydrogen-bond donors (Lipinski definition) is 1. The normalized spacial score (nSPS) is 14.2. The molecule has 0 bridgehead atoms. The second-order valence-electron chi connectivity index (χ2n) is 4.44. The smallest absolute Gasteiger partial charge is 0.0923 e. The fourth-order valence-corrected chi connectivity index (χ4v) is 2.80. The van der Waals surface area contributed by atoms with Gasteiger partial charge in [0.15, 0.2) is 0 Å². The van der Waals surface area contributed by atoms with Gasteiger partial charge >= 0.3 is 0 Å². The first-order valence-corrected chi connectivity index (χ1v) is 6.73. The van der Waals surface area contributed by atoms with Gasteiger partial charge in [-0.1, -0.05) is 39.7 Å². The molecule has 1 unspecified atom stereocenters. The number of aromatic nitrogens is 1. The average Bonchev–Trinajstić information content (AvgIpc) is 2.29. The third kappa shape index (κ3) is 3.10. The number of pyridine rings is 1. The van der Waals surface area contributed by atoms with Gasteiger partial charge in [0, 0.05) is 33.9 Å². The van der Waals surface area contributed by atoms with E-state index >= 15 is 0 Å². The van der Waals surface area contributed by atoms with Gasteiger partial charge in [0.2, 0.25) is 0 Å². The third-order valence-corrected chi connectivity index (χ3v) is 3.59. The summed E-state index contributed by atoms with van der Waals surface area (Å²) in [7, 11) is 0. The standard InChI is InChI=1S/C14H13BrClNO/c1-14(18,8-10-3-2-6-17-9-10)12-5-4-11(15)7-13(12)16/h2-7,9,18H,8H2,1H3. The van der Waals surface area contributed by atoms with Gasteiger partial charge in [-0.15, -0.1) is 0 Å². The molecule has 0 aliphatic rings. The summed E-state index contributed by atoms with van der Waals surface area (Å²) in [4.78, 5) is 4.05. The van der Waals surface area contributed by atoms with E-state index in [1.165, 1.54) is 0 Å². The van der Waals surface area contributed by atoms with Crippen LogP contribution in [0.1, 0.15) is 18.1 Å². The quantitative estimate of drug-likeness (QED) is 0.926. The van der Waals surface area contributed by atoms with Crippen LogP contribution in [0.25, 0.3) is 0 Å². The first-order valence-electron chi connectivity index (χ1n) is 5.56. The summed E-state index contributed by atoms with van der Waals surface area (Å²) in [5.41, 5.74) is 0.679. The van der Waals surface area contributed by atoms with Gasteiger partial charge in [-0.25, -0.2) is 0 Å². The minimum absolute atomic E-state index is 0.474. The Kier molecular flexibility index (Phi) is 4.05. The molecule has 4 heteroatoms. The third-order valence-electron chi connectivity index (χ3n) is 2.78. The summed E-state index contributed by atoms with van der Waals surface area (Å²) in [5, 5.41) is 11.1. The molecule has 1 atom stereocenters. The highest BCUT2D eigenvalue weighted by Gasteiger charge is 2.26. The zero-order valence-electron chi connectivity index (χ0n) is 9.90. The molecule has 0 fully saturated rings. The van der Waals surface area contributed by atoms with Crippen LogP contribution in [0.4, 0.5) is 0 Å². The lowest BCUT2D eigenvalue weighted by molar-refractivity contribution is 0.0576. The second-order valence-corrected chi connectivity index (χ2v) is 5.76. The highest BCUT2D eigenvalue weighted by Crippen LogP contribution is 2.32. The average molecular weight is 327 g/mol. The molecule has 2 rings (SSSR count). The maximum Gasteiger partial charge on any atom is 0.0923 e. The zero-order chi connectivity index (χ0) is 13.2. The van der Waals surface area contributed by atoms with Crippen LogP contribution in [0.2, 0.25) is 5.02 Å². The van der Waals surface area contributed by atoms with E-state index < -0.39 is 5.60 Å². The van der Waals surface area contributed by atoms with Gasteiger partial charge in [0.05, 0.1) is 5.60 Å². The fourth-order valence-electron chi connectivity index (χ4n) is 1.92. The van der Waals surface area contributed by atoms with E-state index in [1.807, 2.05) is 24.3 Å². The molecule has 0 saturated heterocycles. The number of hydrogen-bond acceptors (Lipinski definition) is 2. The Morgan fingerprint density at radius 1 is 1.39 bits per heavy atom. The van der Waals surface area contributed by atoms with E-state index in [1.54, 1.807) is 25.4 Å². The Balaban J connectivity index is 2.30. The Morgan fingerprint density at radius 3 is 2.78 bits per heavy atom. The maximum absolute atomic E-state index is 10.6. The van der Waals surface area contributed by atoms with Gasteiger partial charge in [0.25, 0.3) is 0 Å². The molecule has 0 aliphatic carbocycles. The molecular weight excluding hydrogens is 314 g/mol. The topological polar surface area (TPSA) is 33.1 Å². The molecule has 18 heavy (non-hydrogen) atoms. The molecular formula is C14H13BrClNO. The Morgan fingerprint density at radius 2 is 2.17 bits per heavy atom. The fraction of sp³-hybridized carbons (Fsp3) is 0.214. The first-order chi connectivity index (χ1) is 8.49. The van der Waals surface area contributed by atoms with Crippen molar-refractivity contribution in [2.75, 3.05) is 0 Å². The maximum atomic E-state index is 10.6. The molecule has 1 N–H and O–H groups in total. The molecule has 0 saturated carbocycles. The molecule has 0 radical (unpaired) electrons. The number of aliphatic hydroxyl groups is 1. The number of halogens is 2. The van der Waals surface area contributed by atoms with Gasteiger partial charge in [-0.3, -0.25) is 4.98 Å². The van der Waals surface area contributed by atoms with Crippen LogP contribution in [0.3, 0.4) is 0 Å². The SMILES string of the molecule is CC(O)(Cc1cccnc1)c1ccc(Br)cc1Cl. The molecule has 1 heterocycles. The minimum atomic E-state index is -1.01. The van der Waals surface area contributed by atoms with Gasteiger partial charge in [-0.05, 0) is 30.7 Å². The van der Waals surface area contributed by atoms with Crippen LogP contribution in [-0.4, -0.2) is 10.1 Å². The van der Waals surface area contributed by atoms with Crippen LogP contribution >= 0.6 is 27.5 Å². The lowest BCUT2D eigenvalue weighted by Crippen LogP contribution is -2.24. The van der Waals surface area contributed by atoms with E-state index in [0.717, 1.165) is 15.6 Å². The molecule has 0 aliphatic heterocycles. The van der Waals surface area contributed by atoms with Crippen molar-refractivity contribution in [2.45, 2.75) is 18.9 Å². The molecule has 0 amide bonds. The van der Waals surface area contributed by atoms with Crippen molar-refractivity contribution in [1.82, 2.24) is 4.98 Å². The molecule has 94 valence electrons. The lowest BCUT2D eigenvalue weighted by Gasteiger charge is -2.25. The highest BCUT2D eigenvalue weighted by atomic mass is 79.9. The summed E-state index contributed by atoms with van der Waals surface area (Å²) in [6.07, 6.45) is 3.94. The van der Waals surface area contributed by atoms with E-state index in [4.69, 9.17) is 11.6 Å². The van der Waals surface area contributed by atoms with E-state index in [9.17, 15) is 5.11 Å². The second kappa shape index (κ2) is 5.39. The monoisotopic (exact) mass is 325 g/mol. The summed E-state index contributed by atoms with van der Waals surface area (Å²) in [6, 6.07) is 9.29. The molecule has 2 aromatic rings. The van der Waals surface area contributed by atoms with Crippen LogP contribution in [-0.2, 0) is 12.0 Å². The van der Waals surface area contributed by atoms with Crippen LogP contribution < -0.4 is 0 Å². The molecule has 0 spiro atoms. The van der Waals surface area contributed by atoms with E-state index in [0.29, 0.717) is 11.4 Å². The summed E-state index contributed by atoms with van der Waals surface area (Å²) in [6.45, 7) is 1.76. The van der Waals surface area contributed by atoms with Crippen molar-refractivity contribution in [2.24, 2.45) is 0 Å². The number of nitrogens with zero attached hydrogens (tertiary/aromatic N) is 1. The Labute approximate surface area is 120 Å². The van der Waals surface area contributed by atoms with Crippen LogP contribution in [0.15, 0.2) is 47.2 Å². The number of rotatable bonds is 3. The largest absolute Gasteiger partial charge is 0.385 e. The summed E-state index contributed by atoms with van der Waals surface area (Å²) < 4.78 is 0.897. The number of benzene rings is 1. The van der Waals surface area contributed by atoms with Crippen molar-refractivity contribution in [3.8, 4) is 0 Å². The summed E-state index contributed by atoms with van der Waals surface area (Å²) in [5.74, 6) is 0. The van der Waals surface area contributed by atoms with Crippen molar-refractivity contribution in [3.05, 3.63) is 63.3 Å². The lowest BCUT2D eigenvalue weighted by atomic mass is 9.89. The van der Waals surface area contributed by atoms with Gasteiger partial charge in [-0.2, -0.15) is 0 Å². The van der Waals surface area contributed by atoms with Crippen molar-refractivity contribution >= 4 is 27.5 Å².